The van der Waals surface area contributed by atoms with Gasteiger partial charge in [-0.2, -0.15) is 8.42 Å². The summed E-state index contributed by atoms with van der Waals surface area (Å²) in [5, 5.41) is 0.834. The molecular formula is C10H8ClFO3S. The van der Waals surface area contributed by atoms with Gasteiger partial charge in [0, 0.05) is 10.9 Å². The van der Waals surface area contributed by atoms with Crippen LogP contribution in [-0.4, -0.2) is 14.2 Å². The smallest absolute Gasteiger partial charge is 0.302 e. The fourth-order valence-electron chi connectivity index (χ4n) is 1.53. The lowest BCUT2D eigenvalue weighted by Gasteiger charge is -1.95. The summed E-state index contributed by atoms with van der Waals surface area (Å²) in [5.41, 5.74) is 1.09. The number of hydrogen-bond acceptors (Lipinski definition) is 3. The van der Waals surface area contributed by atoms with Gasteiger partial charge in [-0.1, -0.05) is 18.2 Å². The topological polar surface area (TPSA) is 47.3 Å². The van der Waals surface area contributed by atoms with E-state index in [1.165, 1.54) is 0 Å². The summed E-state index contributed by atoms with van der Waals surface area (Å²) < 4.78 is 38.5. The summed E-state index contributed by atoms with van der Waals surface area (Å²) in [6.45, 7) is 0. The van der Waals surface area contributed by atoms with Crippen LogP contribution in [0.2, 0.25) is 5.22 Å². The maximum atomic E-state index is 12.4. The van der Waals surface area contributed by atoms with Crippen LogP contribution in [0.25, 0.3) is 11.0 Å². The largest absolute Gasteiger partial charge is 0.444 e. The average molecular weight is 263 g/mol. The number of hydrogen-bond donors (Lipinski definition) is 0. The first-order chi connectivity index (χ1) is 7.47. The molecule has 0 N–H and O–H groups in total. The lowest BCUT2D eigenvalue weighted by atomic mass is 10.1. The lowest BCUT2D eigenvalue weighted by Crippen LogP contribution is -2.01. The molecule has 2 rings (SSSR count). The van der Waals surface area contributed by atoms with Gasteiger partial charge < -0.3 is 4.42 Å². The Kier molecular flexibility index (Phi) is 2.90. The number of aryl methyl sites for hydroxylation is 1. The van der Waals surface area contributed by atoms with Crippen molar-refractivity contribution in [1.29, 1.82) is 0 Å². The number of para-hydroxylation sites is 1. The number of halogens is 2. The Labute approximate surface area is 97.0 Å². The van der Waals surface area contributed by atoms with E-state index in [0.717, 1.165) is 5.39 Å². The van der Waals surface area contributed by atoms with Crippen LogP contribution in [0.1, 0.15) is 5.56 Å². The first-order valence-corrected chi connectivity index (χ1v) is 6.49. The molecule has 0 unspecified atom stereocenters. The van der Waals surface area contributed by atoms with Gasteiger partial charge in [0.2, 0.25) is 0 Å². The van der Waals surface area contributed by atoms with E-state index in [0.29, 0.717) is 11.1 Å². The van der Waals surface area contributed by atoms with Crippen molar-refractivity contribution in [2.24, 2.45) is 0 Å². The second kappa shape index (κ2) is 4.07. The molecule has 16 heavy (non-hydrogen) atoms. The van der Waals surface area contributed by atoms with Crippen molar-refractivity contribution in [2.75, 3.05) is 5.75 Å². The fourth-order valence-corrected chi connectivity index (χ4v) is 2.25. The molecule has 0 atom stereocenters. The van der Waals surface area contributed by atoms with Crippen LogP contribution in [-0.2, 0) is 16.6 Å². The van der Waals surface area contributed by atoms with Gasteiger partial charge >= 0.3 is 10.2 Å². The quantitative estimate of drug-likeness (QED) is 0.799. The molecule has 0 aliphatic carbocycles. The zero-order valence-electron chi connectivity index (χ0n) is 8.11. The number of rotatable bonds is 3. The van der Waals surface area contributed by atoms with Crippen LogP contribution in [0.4, 0.5) is 3.89 Å². The van der Waals surface area contributed by atoms with E-state index in [4.69, 9.17) is 16.0 Å². The molecule has 1 heterocycles. The van der Waals surface area contributed by atoms with E-state index in [9.17, 15) is 12.3 Å². The second-order valence-electron chi connectivity index (χ2n) is 3.34. The van der Waals surface area contributed by atoms with Crippen molar-refractivity contribution < 1.29 is 16.7 Å². The third kappa shape index (κ3) is 2.36. The van der Waals surface area contributed by atoms with Gasteiger partial charge in [-0.25, -0.2) is 0 Å². The molecule has 0 saturated heterocycles. The van der Waals surface area contributed by atoms with E-state index < -0.39 is 16.0 Å². The summed E-state index contributed by atoms with van der Waals surface area (Å²) in [4.78, 5) is 0. The van der Waals surface area contributed by atoms with E-state index in [1.807, 2.05) is 0 Å². The van der Waals surface area contributed by atoms with Crippen molar-refractivity contribution in [2.45, 2.75) is 6.42 Å². The van der Waals surface area contributed by atoms with Crippen molar-refractivity contribution in [1.82, 2.24) is 0 Å². The van der Waals surface area contributed by atoms with Crippen molar-refractivity contribution in [3.63, 3.8) is 0 Å². The van der Waals surface area contributed by atoms with Crippen LogP contribution in [0.15, 0.2) is 28.7 Å². The minimum Gasteiger partial charge on any atom is -0.444 e. The fraction of sp³-hybridized carbons (Fsp3) is 0.200. The predicted molar refractivity (Wildman–Crippen MR) is 59.8 cm³/mol. The Hall–Kier alpha value is -1.07. The molecule has 86 valence electrons. The van der Waals surface area contributed by atoms with Crippen molar-refractivity contribution in [3.05, 3.63) is 35.0 Å². The molecule has 0 bridgehead atoms. The third-order valence-corrected chi connectivity index (χ3v) is 3.24. The van der Waals surface area contributed by atoms with Crippen LogP contribution in [0, 0.1) is 0 Å². The summed E-state index contributed by atoms with van der Waals surface area (Å²) in [5.74, 6) is -0.587. The van der Waals surface area contributed by atoms with Crippen molar-refractivity contribution >= 4 is 32.8 Å². The molecule has 3 nitrogen and oxygen atoms in total. The zero-order valence-corrected chi connectivity index (χ0v) is 9.68. The van der Waals surface area contributed by atoms with Gasteiger partial charge in [0.15, 0.2) is 5.22 Å². The molecule has 0 spiro atoms. The van der Waals surface area contributed by atoms with Crippen molar-refractivity contribution in [3.8, 4) is 0 Å². The van der Waals surface area contributed by atoms with Gasteiger partial charge in [-0.3, -0.25) is 0 Å². The average Bonchev–Trinajstić information content (AvgIpc) is 2.49. The molecular weight excluding hydrogens is 255 g/mol. The highest BCUT2D eigenvalue weighted by Crippen LogP contribution is 2.30. The summed E-state index contributed by atoms with van der Waals surface area (Å²) in [7, 11) is -4.49. The molecule has 2 aromatic rings. The van der Waals surface area contributed by atoms with Crippen LogP contribution >= 0.6 is 11.6 Å². The van der Waals surface area contributed by atoms with Crippen LogP contribution in [0.5, 0.6) is 0 Å². The SMILES string of the molecule is O=S(=O)(F)CCc1c(Cl)oc2ccccc12. The highest BCUT2D eigenvalue weighted by atomic mass is 35.5. The molecule has 1 aromatic carbocycles. The molecule has 0 amide bonds. The lowest BCUT2D eigenvalue weighted by molar-refractivity contribution is 0.551. The van der Waals surface area contributed by atoms with Gasteiger partial charge in [0.25, 0.3) is 0 Å². The van der Waals surface area contributed by atoms with Gasteiger partial charge in [-0.05, 0) is 24.1 Å². The van der Waals surface area contributed by atoms with Gasteiger partial charge in [0.05, 0.1) is 5.75 Å². The first-order valence-electron chi connectivity index (χ1n) is 4.55. The standard InChI is InChI=1S/C10H8ClFO3S/c11-10-8(5-6-16(12,13)14)7-3-1-2-4-9(7)15-10/h1-4H,5-6H2. The second-order valence-corrected chi connectivity index (χ2v) is 5.17. The molecule has 0 aliphatic heterocycles. The van der Waals surface area contributed by atoms with E-state index in [2.05, 4.69) is 0 Å². The maximum Gasteiger partial charge on any atom is 0.302 e. The summed E-state index contributed by atoms with van der Waals surface area (Å²) >= 11 is 5.81. The minimum atomic E-state index is -4.49. The zero-order chi connectivity index (χ0) is 11.8. The number of benzene rings is 1. The predicted octanol–water partition coefficient (Wildman–Crippen LogP) is 2.93. The highest BCUT2D eigenvalue weighted by Gasteiger charge is 2.15. The molecule has 0 saturated carbocycles. The summed E-state index contributed by atoms with van der Waals surface area (Å²) in [6.07, 6.45) is 0.00861. The highest BCUT2D eigenvalue weighted by molar-refractivity contribution is 7.86. The summed E-state index contributed by atoms with van der Waals surface area (Å²) in [6, 6.07) is 7.03. The normalized spacial score (nSPS) is 12.1. The van der Waals surface area contributed by atoms with E-state index in [1.54, 1.807) is 24.3 Å². The maximum absolute atomic E-state index is 12.4. The number of fused-ring (bicyclic) bond motifs is 1. The Morgan fingerprint density at radius 3 is 2.69 bits per heavy atom. The molecule has 6 heteroatoms. The monoisotopic (exact) mass is 262 g/mol. The first kappa shape index (κ1) is 11.4. The van der Waals surface area contributed by atoms with E-state index in [-0.39, 0.29) is 11.6 Å². The van der Waals surface area contributed by atoms with Gasteiger partial charge in [0.1, 0.15) is 5.58 Å². The van der Waals surface area contributed by atoms with Crippen LogP contribution in [0.3, 0.4) is 0 Å². The van der Waals surface area contributed by atoms with Gasteiger partial charge in [-0.15, -0.1) is 3.89 Å². The Morgan fingerprint density at radius 2 is 2.00 bits per heavy atom. The molecule has 1 aromatic heterocycles. The minimum absolute atomic E-state index is 0.00861. The molecule has 0 radical (unpaired) electrons. The molecule has 0 aliphatic rings. The number of furan rings is 1. The Balaban J connectivity index is 2.40. The van der Waals surface area contributed by atoms with E-state index >= 15 is 0 Å². The third-order valence-electron chi connectivity index (χ3n) is 2.24. The van der Waals surface area contributed by atoms with Crippen LogP contribution < -0.4 is 0 Å². The Bertz CT molecular complexity index is 618. The molecule has 0 fully saturated rings. The Morgan fingerprint density at radius 1 is 1.31 bits per heavy atom.